The monoisotopic (exact) mass is 338 g/mol. The van der Waals surface area contributed by atoms with E-state index in [1.807, 2.05) is 62.4 Å². The van der Waals surface area contributed by atoms with Crippen molar-refractivity contribution in [3.05, 3.63) is 71.3 Å². The van der Waals surface area contributed by atoms with Gasteiger partial charge in [0.15, 0.2) is 6.10 Å². The third kappa shape index (κ3) is 5.49. The van der Waals surface area contributed by atoms with Crippen LogP contribution in [0.4, 0.5) is 0 Å². The van der Waals surface area contributed by atoms with Gasteiger partial charge >= 0.3 is 0 Å². The minimum absolute atomic E-state index is 0.420. The van der Waals surface area contributed by atoms with Gasteiger partial charge in [0.05, 0.1) is 0 Å². The highest BCUT2D eigenvalue weighted by atomic mass is 16.5. The predicted octanol–water partition coefficient (Wildman–Crippen LogP) is 2.93. The van der Waals surface area contributed by atoms with Crippen LogP contribution in [0.25, 0.3) is 6.08 Å². The summed E-state index contributed by atoms with van der Waals surface area (Å²) in [6, 6.07) is 15.1. The molecule has 0 saturated heterocycles. The van der Waals surface area contributed by atoms with Crippen molar-refractivity contribution in [2.75, 3.05) is 0 Å². The van der Waals surface area contributed by atoms with Crippen molar-refractivity contribution in [2.24, 2.45) is 0 Å². The second-order valence-electron chi connectivity index (χ2n) is 5.68. The van der Waals surface area contributed by atoms with Crippen molar-refractivity contribution in [2.45, 2.75) is 26.9 Å². The molecule has 0 heterocycles. The molecular weight excluding hydrogens is 316 g/mol. The Morgan fingerprint density at radius 2 is 1.72 bits per heavy atom. The second kappa shape index (κ2) is 8.68. The zero-order valence-electron chi connectivity index (χ0n) is 14.6. The minimum Gasteiger partial charge on any atom is -0.481 e. The molecule has 0 aliphatic heterocycles. The van der Waals surface area contributed by atoms with E-state index in [1.165, 1.54) is 6.08 Å². The Kier molecular flexibility index (Phi) is 6.34. The number of hydrogen-bond donors (Lipinski definition) is 2. The molecule has 0 radical (unpaired) electrons. The van der Waals surface area contributed by atoms with E-state index in [4.69, 9.17) is 4.74 Å². The van der Waals surface area contributed by atoms with Crippen molar-refractivity contribution >= 4 is 17.9 Å². The zero-order chi connectivity index (χ0) is 18.2. The van der Waals surface area contributed by atoms with E-state index < -0.39 is 17.9 Å². The maximum absolute atomic E-state index is 12.0. The van der Waals surface area contributed by atoms with Gasteiger partial charge in [-0.25, -0.2) is 0 Å². The maximum Gasteiger partial charge on any atom is 0.279 e. The van der Waals surface area contributed by atoms with Crippen LogP contribution in [0, 0.1) is 13.8 Å². The molecule has 2 N–H and O–H groups in total. The Balaban J connectivity index is 1.84. The minimum atomic E-state index is -0.737. The second-order valence-corrected chi connectivity index (χ2v) is 5.68. The first-order chi connectivity index (χ1) is 12.0. The summed E-state index contributed by atoms with van der Waals surface area (Å²) in [4.78, 5) is 23.8. The number of amides is 2. The number of benzene rings is 2. The standard InChI is InChI=1S/C20H22N2O3/c1-14-8-7-11-18(15(14)2)25-16(3)20(24)22-21-19(23)13-12-17-9-5-4-6-10-17/h4-13,16H,1-3H3,(H,21,23)(H,22,24). The van der Waals surface area contributed by atoms with E-state index in [2.05, 4.69) is 10.9 Å². The van der Waals surface area contributed by atoms with Gasteiger partial charge in [-0.05, 0) is 49.6 Å². The van der Waals surface area contributed by atoms with E-state index >= 15 is 0 Å². The predicted molar refractivity (Wildman–Crippen MR) is 97.8 cm³/mol. The topological polar surface area (TPSA) is 67.4 Å². The molecule has 2 rings (SSSR count). The van der Waals surface area contributed by atoms with Gasteiger partial charge in [-0.15, -0.1) is 0 Å². The van der Waals surface area contributed by atoms with E-state index in [9.17, 15) is 9.59 Å². The van der Waals surface area contributed by atoms with Crippen LogP contribution in [-0.2, 0) is 9.59 Å². The first-order valence-electron chi connectivity index (χ1n) is 8.03. The molecule has 5 nitrogen and oxygen atoms in total. The smallest absolute Gasteiger partial charge is 0.279 e. The van der Waals surface area contributed by atoms with Crippen molar-refractivity contribution < 1.29 is 14.3 Å². The van der Waals surface area contributed by atoms with E-state index in [-0.39, 0.29) is 0 Å². The summed E-state index contributed by atoms with van der Waals surface area (Å²) in [5.41, 5.74) is 7.67. The van der Waals surface area contributed by atoms with E-state index in [0.29, 0.717) is 5.75 Å². The Morgan fingerprint density at radius 3 is 2.44 bits per heavy atom. The fraction of sp³-hybridized carbons (Fsp3) is 0.200. The Bertz CT molecular complexity index is 770. The van der Waals surface area contributed by atoms with Gasteiger partial charge in [0.1, 0.15) is 5.75 Å². The number of hydrogen-bond acceptors (Lipinski definition) is 3. The number of carbonyl (C=O) groups excluding carboxylic acids is 2. The summed E-state index contributed by atoms with van der Waals surface area (Å²) in [5.74, 6) is -0.198. The fourth-order valence-electron chi connectivity index (χ4n) is 2.10. The van der Waals surface area contributed by atoms with Crippen molar-refractivity contribution in [3.8, 4) is 5.75 Å². The molecule has 1 atom stereocenters. The number of rotatable bonds is 5. The fourth-order valence-corrected chi connectivity index (χ4v) is 2.10. The Hall–Kier alpha value is -3.08. The molecule has 0 aromatic heterocycles. The molecule has 0 spiro atoms. The lowest BCUT2D eigenvalue weighted by Crippen LogP contribution is -2.46. The summed E-state index contributed by atoms with van der Waals surface area (Å²) < 4.78 is 5.67. The van der Waals surface area contributed by atoms with Gasteiger partial charge in [0.25, 0.3) is 11.8 Å². The molecule has 0 fully saturated rings. The Labute approximate surface area is 147 Å². The summed E-state index contributed by atoms with van der Waals surface area (Å²) in [7, 11) is 0. The highest BCUT2D eigenvalue weighted by Crippen LogP contribution is 2.21. The number of ether oxygens (including phenoxy) is 1. The van der Waals surface area contributed by atoms with Crippen LogP contribution >= 0.6 is 0 Å². The van der Waals surface area contributed by atoms with Crippen LogP contribution in [-0.4, -0.2) is 17.9 Å². The summed E-state index contributed by atoms with van der Waals surface area (Å²) in [6.45, 7) is 5.54. The van der Waals surface area contributed by atoms with Gasteiger partial charge in [-0.2, -0.15) is 0 Å². The average molecular weight is 338 g/mol. The number of nitrogens with one attached hydrogen (secondary N) is 2. The summed E-state index contributed by atoms with van der Waals surface area (Å²) >= 11 is 0. The Morgan fingerprint density at radius 1 is 1.00 bits per heavy atom. The van der Waals surface area contributed by atoms with Crippen LogP contribution in [0.1, 0.15) is 23.6 Å². The van der Waals surface area contributed by atoms with Crippen LogP contribution in [0.3, 0.4) is 0 Å². The van der Waals surface area contributed by atoms with Gasteiger partial charge in [-0.3, -0.25) is 20.4 Å². The molecule has 0 saturated carbocycles. The first-order valence-corrected chi connectivity index (χ1v) is 8.03. The van der Waals surface area contributed by atoms with Gasteiger partial charge in [-0.1, -0.05) is 42.5 Å². The lowest BCUT2D eigenvalue weighted by atomic mass is 10.1. The molecule has 0 aliphatic rings. The number of hydrazine groups is 1. The molecular formula is C20H22N2O3. The third-order valence-electron chi connectivity index (χ3n) is 3.76. The van der Waals surface area contributed by atoms with Crippen molar-refractivity contribution in [1.29, 1.82) is 0 Å². The van der Waals surface area contributed by atoms with Crippen molar-refractivity contribution in [3.63, 3.8) is 0 Å². The molecule has 2 amide bonds. The molecule has 2 aromatic rings. The molecule has 0 aliphatic carbocycles. The van der Waals surface area contributed by atoms with Gasteiger partial charge in [0, 0.05) is 6.08 Å². The van der Waals surface area contributed by atoms with Crippen molar-refractivity contribution in [1.82, 2.24) is 10.9 Å². The lowest BCUT2D eigenvalue weighted by Gasteiger charge is -2.17. The van der Waals surface area contributed by atoms with Crippen LogP contribution in [0.5, 0.6) is 5.75 Å². The molecule has 2 aromatic carbocycles. The maximum atomic E-state index is 12.0. The molecule has 130 valence electrons. The number of carbonyl (C=O) groups is 2. The third-order valence-corrected chi connectivity index (χ3v) is 3.76. The zero-order valence-corrected chi connectivity index (χ0v) is 14.6. The average Bonchev–Trinajstić information content (AvgIpc) is 2.62. The normalized spacial score (nSPS) is 11.8. The largest absolute Gasteiger partial charge is 0.481 e. The molecule has 25 heavy (non-hydrogen) atoms. The highest BCUT2D eigenvalue weighted by Gasteiger charge is 2.16. The number of aryl methyl sites for hydroxylation is 1. The van der Waals surface area contributed by atoms with Crippen LogP contribution in [0.15, 0.2) is 54.6 Å². The van der Waals surface area contributed by atoms with Crippen LogP contribution < -0.4 is 15.6 Å². The van der Waals surface area contributed by atoms with Gasteiger partial charge in [0.2, 0.25) is 0 Å². The van der Waals surface area contributed by atoms with Gasteiger partial charge < -0.3 is 4.74 Å². The molecule has 5 heteroatoms. The van der Waals surface area contributed by atoms with E-state index in [1.54, 1.807) is 13.0 Å². The lowest BCUT2D eigenvalue weighted by molar-refractivity contribution is -0.131. The van der Waals surface area contributed by atoms with E-state index in [0.717, 1.165) is 16.7 Å². The quantitative estimate of drug-likeness (QED) is 0.651. The SMILES string of the molecule is Cc1cccc(OC(C)C(=O)NNC(=O)C=Cc2ccccc2)c1C. The summed E-state index contributed by atoms with van der Waals surface area (Å²) in [6.07, 6.45) is 2.28. The summed E-state index contributed by atoms with van der Waals surface area (Å²) in [5, 5.41) is 0. The first kappa shape index (κ1) is 18.3. The molecule has 1 unspecified atom stereocenters. The van der Waals surface area contributed by atoms with Crippen LogP contribution in [0.2, 0.25) is 0 Å². The highest BCUT2D eigenvalue weighted by molar-refractivity contribution is 5.93. The molecule has 0 bridgehead atoms.